The van der Waals surface area contributed by atoms with Crippen LogP contribution in [0.25, 0.3) is 11.0 Å². The Morgan fingerprint density at radius 1 is 1.43 bits per heavy atom. The van der Waals surface area contributed by atoms with Crippen LogP contribution >= 0.6 is 0 Å². The van der Waals surface area contributed by atoms with Crippen molar-refractivity contribution >= 4 is 16.9 Å². The van der Waals surface area contributed by atoms with Crippen LogP contribution in [0.1, 0.15) is 61.3 Å². The topological polar surface area (TPSA) is 48.7 Å². The van der Waals surface area contributed by atoms with Crippen LogP contribution in [0.3, 0.4) is 0 Å². The summed E-state index contributed by atoms with van der Waals surface area (Å²) in [5.74, 6) is 1.11. The summed E-state index contributed by atoms with van der Waals surface area (Å²) in [4.78, 5) is 11.6. The van der Waals surface area contributed by atoms with Crippen molar-refractivity contribution in [2.24, 2.45) is 0 Å². The molecule has 4 heteroatoms. The van der Waals surface area contributed by atoms with Crippen molar-refractivity contribution in [1.29, 1.82) is 0 Å². The number of furan rings is 1. The largest absolute Gasteiger partial charge is 0.493 e. The zero-order valence-electron chi connectivity index (χ0n) is 14.3. The highest BCUT2D eigenvalue weighted by molar-refractivity contribution is 5.92. The van der Waals surface area contributed by atoms with Crippen molar-refractivity contribution in [3.05, 3.63) is 28.5 Å². The minimum absolute atomic E-state index is 0.174. The smallest absolute Gasteiger partial charge is 0.305 e. The lowest BCUT2D eigenvalue weighted by molar-refractivity contribution is -0.144. The number of fused-ring (bicyclic) bond motifs is 2. The molecule has 4 nitrogen and oxygen atoms in total. The van der Waals surface area contributed by atoms with Gasteiger partial charge in [-0.1, -0.05) is 13.8 Å². The van der Waals surface area contributed by atoms with E-state index in [1.165, 1.54) is 11.1 Å². The number of benzene rings is 1. The minimum Gasteiger partial charge on any atom is -0.493 e. The van der Waals surface area contributed by atoms with Gasteiger partial charge in [0.1, 0.15) is 6.61 Å². The van der Waals surface area contributed by atoms with E-state index in [1.54, 1.807) is 13.4 Å². The van der Waals surface area contributed by atoms with E-state index in [4.69, 9.17) is 13.9 Å². The van der Waals surface area contributed by atoms with Gasteiger partial charge >= 0.3 is 5.97 Å². The standard InChI is InChI=1S/C19H24O4/c1-5-15(20)22-10-14-16-11(2)7-6-8-13(16)18(21-4)19-17(14)12(3)9-23-19/h9,11H,5-8,10H2,1-4H3. The molecule has 0 bridgehead atoms. The van der Waals surface area contributed by atoms with Gasteiger partial charge in [-0.3, -0.25) is 4.79 Å². The second kappa shape index (κ2) is 6.26. The molecule has 0 radical (unpaired) electrons. The predicted octanol–water partition coefficient (Wildman–Crippen LogP) is 4.64. The molecule has 1 unspecified atom stereocenters. The van der Waals surface area contributed by atoms with E-state index in [-0.39, 0.29) is 5.97 Å². The third-order valence-electron chi connectivity index (χ3n) is 4.83. The fourth-order valence-electron chi connectivity index (χ4n) is 3.76. The summed E-state index contributed by atoms with van der Waals surface area (Å²) >= 11 is 0. The number of methoxy groups -OCH3 is 1. The van der Waals surface area contributed by atoms with Gasteiger partial charge in [0.25, 0.3) is 0 Å². The third kappa shape index (κ3) is 2.60. The first kappa shape index (κ1) is 15.9. The number of esters is 1. The lowest BCUT2D eigenvalue weighted by atomic mass is 9.79. The van der Waals surface area contributed by atoms with Crippen molar-refractivity contribution in [2.45, 2.75) is 59.0 Å². The average Bonchev–Trinajstić information content (AvgIpc) is 2.93. The Bertz CT molecular complexity index is 742. The van der Waals surface area contributed by atoms with Crippen molar-refractivity contribution < 1.29 is 18.7 Å². The maximum atomic E-state index is 11.6. The number of rotatable bonds is 4. The Morgan fingerprint density at radius 3 is 2.91 bits per heavy atom. The van der Waals surface area contributed by atoms with E-state index in [0.717, 1.165) is 47.1 Å². The summed E-state index contributed by atoms with van der Waals surface area (Å²) in [6.45, 7) is 6.38. The van der Waals surface area contributed by atoms with Crippen LogP contribution in [0.4, 0.5) is 0 Å². The zero-order chi connectivity index (χ0) is 16.6. The molecule has 124 valence electrons. The molecule has 1 aromatic heterocycles. The molecule has 0 aliphatic heterocycles. The summed E-state index contributed by atoms with van der Waals surface area (Å²) in [5, 5.41) is 1.04. The summed E-state index contributed by atoms with van der Waals surface area (Å²) in [5.41, 5.74) is 5.43. The van der Waals surface area contributed by atoms with Crippen LogP contribution in [-0.4, -0.2) is 13.1 Å². The van der Waals surface area contributed by atoms with Gasteiger partial charge in [0.2, 0.25) is 0 Å². The lowest BCUT2D eigenvalue weighted by Gasteiger charge is -2.27. The number of hydrogen-bond acceptors (Lipinski definition) is 4. The number of aryl methyl sites for hydroxylation is 1. The van der Waals surface area contributed by atoms with Gasteiger partial charge in [0.15, 0.2) is 11.3 Å². The first-order valence-corrected chi connectivity index (χ1v) is 8.33. The zero-order valence-corrected chi connectivity index (χ0v) is 14.3. The minimum atomic E-state index is -0.174. The second-order valence-corrected chi connectivity index (χ2v) is 6.33. The molecule has 1 heterocycles. The van der Waals surface area contributed by atoms with Gasteiger partial charge in [0.05, 0.1) is 13.4 Å². The molecule has 2 aromatic rings. The first-order chi connectivity index (χ1) is 11.1. The quantitative estimate of drug-likeness (QED) is 0.771. The maximum absolute atomic E-state index is 11.6. The van der Waals surface area contributed by atoms with Crippen LogP contribution in [0.15, 0.2) is 10.7 Å². The molecule has 1 aromatic carbocycles. The molecule has 0 N–H and O–H groups in total. The fourth-order valence-corrected chi connectivity index (χ4v) is 3.76. The van der Waals surface area contributed by atoms with Gasteiger partial charge in [-0.05, 0) is 43.2 Å². The Kier molecular flexibility index (Phi) is 4.33. The average molecular weight is 316 g/mol. The number of carbonyl (C=O) groups excluding carboxylic acids is 1. The monoisotopic (exact) mass is 316 g/mol. The molecule has 3 rings (SSSR count). The van der Waals surface area contributed by atoms with E-state index in [9.17, 15) is 4.79 Å². The highest BCUT2D eigenvalue weighted by Gasteiger charge is 2.29. The molecule has 1 aliphatic carbocycles. The Morgan fingerprint density at radius 2 is 2.22 bits per heavy atom. The third-order valence-corrected chi connectivity index (χ3v) is 4.83. The molecule has 0 amide bonds. The Hall–Kier alpha value is -1.97. The Labute approximate surface area is 136 Å². The molecule has 23 heavy (non-hydrogen) atoms. The maximum Gasteiger partial charge on any atom is 0.305 e. The molecule has 0 spiro atoms. The van der Waals surface area contributed by atoms with Crippen molar-refractivity contribution in [3.63, 3.8) is 0 Å². The van der Waals surface area contributed by atoms with E-state index in [1.807, 2.05) is 13.8 Å². The van der Waals surface area contributed by atoms with Crippen molar-refractivity contribution in [2.75, 3.05) is 7.11 Å². The van der Waals surface area contributed by atoms with E-state index in [2.05, 4.69) is 6.92 Å². The van der Waals surface area contributed by atoms with E-state index < -0.39 is 0 Å². The highest BCUT2D eigenvalue weighted by Crippen LogP contribution is 2.45. The van der Waals surface area contributed by atoms with Gasteiger partial charge in [-0.2, -0.15) is 0 Å². The Balaban J connectivity index is 2.24. The summed E-state index contributed by atoms with van der Waals surface area (Å²) < 4.78 is 16.9. The molecule has 0 saturated heterocycles. The van der Waals surface area contributed by atoms with Gasteiger partial charge in [0, 0.05) is 22.9 Å². The van der Waals surface area contributed by atoms with E-state index >= 15 is 0 Å². The van der Waals surface area contributed by atoms with Crippen LogP contribution in [0, 0.1) is 6.92 Å². The summed E-state index contributed by atoms with van der Waals surface area (Å²) in [6, 6.07) is 0. The molecule has 0 saturated carbocycles. The van der Waals surface area contributed by atoms with E-state index in [0.29, 0.717) is 18.9 Å². The predicted molar refractivity (Wildman–Crippen MR) is 88.9 cm³/mol. The van der Waals surface area contributed by atoms with Gasteiger partial charge in [-0.15, -0.1) is 0 Å². The number of carbonyl (C=O) groups is 1. The second-order valence-electron chi connectivity index (χ2n) is 6.33. The fraction of sp³-hybridized carbons (Fsp3) is 0.526. The summed E-state index contributed by atoms with van der Waals surface area (Å²) in [6.07, 6.45) is 5.42. The molecule has 1 aliphatic rings. The molecule has 0 fully saturated rings. The van der Waals surface area contributed by atoms with Crippen LogP contribution < -0.4 is 4.74 Å². The number of hydrogen-bond donors (Lipinski definition) is 0. The lowest BCUT2D eigenvalue weighted by Crippen LogP contribution is -2.14. The van der Waals surface area contributed by atoms with Gasteiger partial charge in [-0.25, -0.2) is 0 Å². The molecule has 1 atom stereocenters. The SMILES string of the molecule is CCC(=O)OCc1c2c(c(OC)c3occ(C)c13)CCCC2C. The van der Waals surface area contributed by atoms with Crippen LogP contribution in [0.2, 0.25) is 0 Å². The van der Waals surface area contributed by atoms with Crippen LogP contribution in [-0.2, 0) is 22.6 Å². The summed E-state index contributed by atoms with van der Waals surface area (Å²) in [7, 11) is 1.70. The van der Waals surface area contributed by atoms with Gasteiger partial charge < -0.3 is 13.9 Å². The highest BCUT2D eigenvalue weighted by atomic mass is 16.5. The number of ether oxygens (including phenoxy) is 2. The molecular weight excluding hydrogens is 292 g/mol. The first-order valence-electron chi connectivity index (χ1n) is 8.33. The van der Waals surface area contributed by atoms with Crippen LogP contribution in [0.5, 0.6) is 5.75 Å². The van der Waals surface area contributed by atoms with Crippen molar-refractivity contribution in [3.8, 4) is 5.75 Å². The normalized spacial score (nSPS) is 17.1. The van der Waals surface area contributed by atoms with Crippen molar-refractivity contribution in [1.82, 2.24) is 0 Å². The molecular formula is C19H24O4.